The van der Waals surface area contributed by atoms with Gasteiger partial charge in [-0.3, -0.25) is 0 Å². The molecule has 0 saturated carbocycles. The maximum atomic E-state index is 9.54. The van der Waals surface area contributed by atoms with Gasteiger partial charge >= 0.3 is 0 Å². The van der Waals surface area contributed by atoms with E-state index in [0.717, 1.165) is 22.2 Å². The van der Waals surface area contributed by atoms with Crippen LogP contribution >= 0.6 is 0 Å². The molecule has 0 aromatic heterocycles. The fourth-order valence-corrected chi connectivity index (χ4v) is 4.36. The summed E-state index contributed by atoms with van der Waals surface area (Å²) in [5, 5.41) is 40.5. The van der Waals surface area contributed by atoms with Gasteiger partial charge in [-0.15, -0.1) is 0 Å². The van der Waals surface area contributed by atoms with Crippen LogP contribution in [0.5, 0.6) is 0 Å². The van der Waals surface area contributed by atoms with Crippen LogP contribution in [0.2, 0.25) is 0 Å². The van der Waals surface area contributed by atoms with Crippen LogP contribution in [-0.4, -0.2) is 0 Å². The normalized spacial score (nSPS) is 10.1. The fourth-order valence-electron chi connectivity index (χ4n) is 4.36. The van der Waals surface area contributed by atoms with Gasteiger partial charge in [-0.25, -0.2) is 0 Å². The Kier molecular flexibility index (Phi) is 6.05. The van der Waals surface area contributed by atoms with Crippen molar-refractivity contribution in [2.24, 2.45) is 0 Å². The SMILES string of the molecule is N#Cc1cc(C#N)cc(N(c2ccc(-c3ccc4ccccc4c3)cc2)c2cc(C#N)cc(C#N)c2)c1. The Morgan fingerprint density at radius 3 is 1.35 bits per heavy atom. The van der Waals surface area contributed by atoms with Crippen LogP contribution in [0.3, 0.4) is 0 Å². The van der Waals surface area contributed by atoms with Gasteiger partial charge in [0.15, 0.2) is 0 Å². The van der Waals surface area contributed by atoms with E-state index in [0.29, 0.717) is 33.6 Å². The minimum absolute atomic E-state index is 0.337. The number of fused-ring (bicyclic) bond motifs is 1. The molecule has 0 aliphatic rings. The Balaban J connectivity index is 1.66. The predicted molar refractivity (Wildman–Crippen MR) is 143 cm³/mol. The number of anilines is 3. The predicted octanol–water partition coefficient (Wildman–Crippen LogP) is 7.46. The molecule has 170 valence electrons. The van der Waals surface area contributed by atoms with Crippen molar-refractivity contribution in [3.63, 3.8) is 0 Å². The molecule has 0 spiro atoms. The molecule has 0 aliphatic carbocycles. The minimum Gasteiger partial charge on any atom is -0.310 e. The van der Waals surface area contributed by atoms with Crippen LogP contribution in [-0.2, 0) is 0 Å². The molecule has 0 radical (unpaired) electrons. The summed E-state index contributed by atoms with van der Waals surface area (Å²) >= 11 is 0. The van der Waals surface area contributed by atoms with E-state index in [1.807, 2.05) is 41.3 Å². The van der Waals surface area contributed by atoms with Crippen molar-refractivity contribution >= 4 is 27.8 Å². The van der Waals surface area contributed by atoms with E-state index in [4.69, 9.17) is 0 Å². The molecule has 0 unspecified atom stereocenters. The molecule has 0 aliphatic heterocycles. The zero-order valence-electron chi connectivity index (χ0n) is 19.6. The smallest absolute Gasteiger partial charge is 0.0992 e. The van der Waals surface area contributed by atoms with Crippen molar-refractivity contribution in [1.29, 1.82) is 21.0 Å². The second-order valence-corrected chi connectivity index (χ2v) is 8.43. The van der Waals surface area contributed by atoms with Gasteiger partial charge in [0, 0.05) is 17.1 Å². The van der Waals surface area contributed by atoms with Gasteiger partial charge in [-0.05, 0) is 76.5 Å². The van der Waals surface area contributed by atoms with E-state index in [9.17, 15) is 21.0 Å². The highest BCUT2D eigenvalue weighted by Crippen LogP contribution is 2.37. The van der Waals surface area contributed by atoms with Gasteiger partial charge in [0.25, 0.3) is 0 Å². The van der Waals surface area contributed by atoms with Crippen LogP contribution in [0, 0.1) is 45.3 Å². The summed E-state index contributed by atoms with van der Waals surface area (Å²) in [4.78, 5) is 1.84. The third-order valence-corrected chi connectivity index (χ3v) is 6.08. The van der Waals surface area contributed by atoms with Crippen molar-refractivity contribution < 1.29 is 0 Å². The summed E-state index contributed by atoms with van der Waals surface area (Å²) in [5.41, 5.74) is 5.36. The Labute approximate surface area is 214 Å². The molecule has 0 bridgehead atoms. The monoisotopic (exact) mass is 471 g/mol. The Hall–Kier alpha value is -5.88. The molecule has 5 nitrogen and oxygen atoms in total. The molecule has 5 aromatic carbocycles. The molecular formula is C32H17N5. The van der Waals surface area contributed by atoms with E-state index >= 15 is 0 Å². The van der Waals surface area contributed by atoms with Crippen LogP contribution < -0.4 is 4.90 Å². The quantitative estimate of drug-likeness (QED) is 0.271. The van der Waals surface area contributed by atoms with Crippen LogP contribution in [0.15, 0.2) is 103 Å². The number of benzene rings is 5. The number of hydrogen-bond donors (Lipinski definition) is 0. The number of hydrogen-bond acceptors (Lipinski definition) is 5. The van der Waals surface area contributed by atoms with Crippen molar-refractivity contribution in [2.45, 2.75) is 0 Å². The lowest BCUT2D eigenvalue weighted by Crippen LogP contribution is -2.11. The maximum absolute atomic E-state index is 9.54. The molecule has 5 heteroatoms. The molecule has 0 heterocycles. The average Bonchev–Trinajstić information content (AvgIpc) is 2.97. The minimum atomic E-state index is 0.337. The molecule has 0 saturated heterocycles. The molecule has 0 amide bonds. The Morgan fingerprint density at radius 1 is 0.405 bits per heavy atom. The zero-order valence-corrected chi connectivity index (χ0v) is 19.6. The number of nitriles is 4. The van der Waals surface area contributed by atoms with Crippen LogP contribution in [0.25, 0.3) is 21.9 Å². The first kappa shape index (κ1) is 22.9. The summed E-state index contributed by atoms with van der Waals surface area (Å²) in [6.45, 7) is 0. The standard InChI is InChI=1S/C32H17N5/c33-18-22-11-23(19-34)14-31(13-22)37(32-15-24(20-35)12-25(16-32)21-36)30-9-7-27(8-10-30)29-6-5-26-3-1-2-4-28(26)17-29/h1-17H. The summed E-state index contributed by atoms with van der Waals surface area (Å²) in [6, 6.07) is 40.6. The lowest BCUT2D eigenvalue weighted by Gasteiger charge is -2.26. The summed E-state index contributed by atoms with van der Waals surface area (Å²) < 4.78 is 0. The van der Waals surface area contributed by atoms with Gasteiger partial charge in [-0.2, -0.15) is 21.0 Å². The van der Waals surface area contributed by atoms with Crippen molar-refractivity contribution in [1.82, 2.24) is 0 Å². The number of rotatable bonds is 4. The number of nitrogens with zero attached hydrogens (tertiary/aromatic N) is 5. The van der Waals surface area contributed by atoms with E-state index in [1.165, 1.54) is 17.5 Å². The second-order valence-electron chi connectivity index (χ2n) is 8.43. The Morgan fingerprint density at radius 2 is 0.865 bits per heavy atom. The van der Waals surface area contributed by atoms with E-state index in [-0.39, 0.29) is 0 Å². The van der Waals surface area contributed by atoms with Gasteiger partial charge in [0.2, 0.25) is 0 Å². The Bertz CT molecular complexity index is 1680. The highest BCUT2D eigenvalue weighted by atomic mass is 15.1. The first-order chi connectivity index (χ1) is 18.1. The average molecular weight is 472 g/mol. The first-order valence-electron chi connectivity index (χ1n) is 11.4. The van der Waals surface area contributed by atoms with E-state index < -0.39 is 0 Å². The third-order valence-electron chi connectivity index (χ3n) is 6.08. The highest BCUT2D eigenvalue weighted by molar-refractivity contribution is 5.88. The molecule has 0 fully saturated rings. The molecule has 5 aromatic rings. The van der Waals surface area contributed by atoms with Crippen molar-refractivity contribution in [3.8, 4) is 35.4 Å². The zero-order chi connectivity index (χ0) is 25.8. The second kappa shape index (κ2) is 9.77. The third kappa shape index (κ3) is 4.58. The summed E-state index contributed by atoms with van der Waals surface area (Å²) in [6.07, 6.45) is 0. The largest absolute Gasteiger partial charge is 0.310 e. The lowest BCUT2D eigenvalue weighted by molar-refractivity contribution is 1.26. The molecule has 5 rings (SSSR count). The summed E-state index contributed by atoms with van der Waals surface area (Å²) in [5.74, 6) is 0. The molecular weight excluding hydrogens is 454 g/mol. The summed E-state index contributed by atoms with van der Waals surface area (Å²) in [7, 11) is 0. The fraction of sp³-hybridized carbons (Fsp3) is 0. The van der Waals surface area contributed by atoms with Gasteiger partial charge in [-0.1, -0.05) is 48.5 Å². The van der Waals surface area contributed by atoms with Gasteiger partial charge < -0.3 is 4.90 Å². The lowest BCUT2D eigenvalue weighted by atomic mass is 10.0. The van der Waals surface area contributed by atoms with Crippen LogP contribution in [0.4, 0.5) is 17.1 Å². The van der Waals surface area contributed by atoms with Gasteiger partial charge in [0.05, 0.1) is 46.5 Å². The topological polar surface area (TPSA) is 98.4 Å². The van der Waals surface area contributed by atoms with E-state index in [1.54, 1.807) is 24.3 Å². The van der Waals surface area contributed by atoms with E-state index in [2.05, 4.69) is 54.6 Å². The first-order valence-corrected chi connectivity index (χ1v) is 11.4. The maximum Gasteiger partial charge on any atom is 0.0992 e. The van der Waals surface area contributed by atoms with Crippen molar-refractivity contribution in [2.75, 3.05) is 4.90 Å². The van der Waals surface area contributed by atoms with Crippen molar-refractivity contribution in [3.05, 3.63) is 125 Å². The van der Waals surface area contributed by atoms with Gasteiger partial charge in [0.1, 0.15) is 0 Å². The van der Waals surface area contributed by atoms with Crippen LogP contribution in [0.1, 0.15) is 22.3 Å². The molecule has 0 N–H and O–H groups in total. The molecule has 37 heavy (non-hydrogen) atoms. The highest BCUT2D eigenvalue weighted by Gasteiger charge is 2.17. The molecule has 0 atom stereocenters.